The fourth-order valence-corrected chi connectivity index (χ4v) is 5.50. The summed E-state index contributed by atoms with van der Waals surface area (Å²) in [5.74, 6) is 0.558. The number of hydrogen-bond acceptors (Lipinski definition) is 5. The number of para-hydroxylation sites is 1. The van der Waals surface area contributed by atoms with E-state index in [-0.39, 0.29) is 22.5 Å². The van der Waals surface area contributed by atoms with Crippen molar-refractivity contribution in [3.05, 3.63) is 83.7 Å². The minimum Gasteiger partial charge on any atom is -0.490 e. The van der Waals surface area contributed by atoms with Crippen LogP contribution in [0.25, 0.3) is 0 Å². The molecule has 0 aliphatic carbocycles. The maximum Gasteiger partial charge on any atom is 0.261 e. The lowest BCUT2D eigenvalue weighted by Gasteiger charge is -2.26. The van der Waals surface area contributed by atoms with Gasteiger partial charge in [0.25, 0.3) is 15.9 Å². The molecule has 182 valence electrons. The number of anilines is 1. The Kier molecular flexibility index (Phi) is 6.34. The van der Waals surface area contributed by atoms with Crippen molar-refractivity contribution in [3.8, 4) is 11.5 Å². The molecular weight excluding hydrogens is 471 g/mol. The lowest BCUT2D eigenvalue weighted by Crippen LogP contribution is -2.30. The topological polar surface area (TPSA) is 84.9 Å². The molecule has 0 unspecified atom stereocenters. The van der Waals surface area contributed by atoms with Gasteiger partial charge in [0.05, 0.1) is 29.8 Å². The zero-order valence-corrected chi connectivity index (χ0v) is 19.8. The number of likely N-dealkylation sites (tertiary alicyclic amines) is 1. The molecule has 0 radical (unpaired) electrons. The first-order valence-corrected chi connectivity index (χ1v) is 13.0. The van der Waals surface area contributed by atoms with Gasteiger partial charge in [0, 0.05) is 18.5 Å². The Labute approximate surface area is 203 Å². The molecule has 3 aromatic carbocycles. The number of carbonyl (C=O) groups excluding carboxylic acids is 1. The Morgan fingerprint density at radius 2 is 1.69 bits per heavy atom. The lowest BCUT2D eigenvalue weighted by atomic mass is 10.0. The number of nitrogens with one attached hydrogen (secondary N) is 1. The molecule has 2 aliphatic rings. The molecule has 2 heterocycles. The van der Waals surface area contributed by atoms with Crippen molar-refractivity contribution in [1.29, 1.82) is 0 Å². The first-order chi connectivity index (χ1) is 16.9. The van der Waals surface area contributed by atoms with Crippen molar-refractivity contribution in [3.63, 3.8) is 0 Å². The van der Waals surface area contributed by atoms with E-state index in [4.69, 9.17) is 9.47 Å². The minimum absolute atomic E-state index is 0.0572. The summed E-state index contributed by atoms with van der Waals surface area (Å²) in [7, 11) is -4.00. The normalized spacial score (nSPS) is 17.6. The molecule has 0 bridgehead atoms. The third kappa shape index (κ3) is 4.81. The monoisotopic (exact) mass is 496 g/mol. The predicted octanol–water partition coefficient (Wildman–Crippen LogP) is 4.77. The highest BCUT2D eigenvalue weighted by Gasteiger charge is 2.31. The van der Waals surface area contributed by atoms with Gasteiger partial charge in [0.15, 0.2) is 11.5 Å². The molecule has 2 aliphatic heterocycles. The van der Waals surface area contributed by atoms with Gasteiger partial charge in [-0.3, -0.25) is 9.52 Å². The number of ether oxygens (including phenoxy) is 2. The first kappa shape index (κ1) is 23.2. The van der Waals surface area contributed by atoms with Gasteiger partial charge in [-0.15, -0.1) is 0 Å². The fourth-order valence-electron chi connectivity index (χ4n) is 4.43. The van der Waals surface area contributed by atoms with Crippen molar-refractivity contribution in [2.24, 2.45) is 0 Å². The maximum absolute atomic E-state index is 13.9. The summed E-state index contributed by atoms with van der Waals surface area (Å²) in [6.07, 6.45) is 2.51. The van der Waals surface area contributed by atoms with E-state index in [0.29, 0.717) is 36.8 Å². The third-order valence-electron chi connectivity index (χ3n) is 6.20. The Hall–Kier alpha value is -3.59. The molecule has 35 heavy (non-hydrogen) atoms. The largest absolute Gasteiger partial charge is 0.490 e. The minimum atomic E-state index is -4.00. The van der Waals surface area contributed by atoms with E-state index in [1.807, 2.05) is 18.2 Å². The van der Waals surface area contributed by atoms with E-state index in [0.717, 1.165) is 24.8 Å². The molecular formula is C26H25FN2O5S. The van der Waals surface area contributed by atoms with Gasteiger partial charge in [0.1, 0.15) is 5.82 Å². The van der Waals surface area contributed by atoms with Crippen LogP contribution in [0.5, 0.6) is 11.5 Å². The number of carbonyl (C=O) groups is 1. The van der Waals surface area contributed by atoms with Crippen LogP contribution >= 0.6 is 0 Å². The van der Waals surface area contributed by atoms with E-state index in [2.05, 4.69) is 4.72 Å². The first-order valence-electron chi connectivity index (χ1n) is 11.5. The molecule has 0 aromatic heterocycles. The third-order valence-corrected chi connectivity index (χ3v) is 7.58. The summed E-state index contributed by atoms with van der Waals surface area (Å²) in [4.78, 5) is 15.1. The van der Waals surface area contributed by atoms with Gasteiger partial charge in [-0.05, 0) is 66.9 Å². The van der Waals surface area contributed by atoms with Crippen LogP contribution in [0.4, 0.5) is 10.1 Å². The summed E-state index contributed by atoms with van der Waals surface area (Å²) in [5, 5.41) is 0. The molecule has 1 saturated heterocycles. The Balaban J connectivity index is 1.34. The fraction of sp³-hybridized carbons (Fsp3) is 0.269. The number of halogens is 1. The van der Waals surface area contributed by atoms with Gasteiger partial charge in [-0.25, -0.2) is 12.8 Å². The van der Waals surface area contributed by atoms with Crippen molar-refractivity contribution in [1.82, 2.24) is 4.90 Å². The second-order valence-corrected chi connectivity index (χ2v) is 10.2. The lowest BCUT2D eigenvalue weighted by molar-refractivity contribution is 0.0735. The second-order valence-electron chi connectivity index (χ2n) is 8.52. The quantitative estimate of drug-likeness (QED) is 0.550. The standard InChI is InChI=1S/C26H25FN2O5S/c27-21-5-1-2-6-22(21)28-35(31,32)20-11-8-18(9-12-20)26(30)29-14-3-7-23(29)19-10-13-24-25(17-19)34-16-4-15-33-24/h1-2,5-6,8-13,17,23,28H,3-4,7,14-16H2/t23-/m0/s1. The van der Waals surface area contributed by atoms with Crippen LogP contribution in [0.15, 0.2) is 71.6 Å². The highest BCUT2D eigenvalue weighted by molar-refractivity contribution is 7.92. The van der Waals surface area contributed by atoms with Gasteiger partial charge in [-0.1, -0.05) is 18.2 Å². The number of sulfonamides is 1. The molecule has 1 amide bonds. The van der Waals surface area contributed by atoms with Crippen LogP contribution < -0.4 is 14.2 Å². The van der Waals surface area contributed by atoms with Crippen LogP contribution in [-0.2, 0) is 10.0 Å². The average Bonchev–Trinajstić information content (AvgIpc) is 3.23. The average molecular weight is 497 g/mol. The molecule has 9 heteroatoms. The van der Waals surface area contributed by atoms with Crippen molar-refractivity contribution in [2.45, 2.75) is 30.2 Å². The molecule has 3 aromatic rings. The number of fused-ring (bicyclic) bond motifs is 1. The van der Waals surface area contributed by atoms with Crippen molar-refractivity contribution >= 4 is 21.6 Å². The number of benzene rings is 3. The summed E-state index contributed by atoms with van der Waals surface area (Å²) in [6.45, 7) is 1.81. The summed E-state index contributed by atoms with van der Waals surface area (Å²) in [6, 6.07) is 16.9. The Bertz CT molecular complexity index is 1340. The van der Waals surface area contributed by atoms with Crippen LogP contribution in [0.1, 0.15) is 41.2 Å². The molecule has 5 rings (SSSR count). The van der Waals surface area contributed by atoms with E-state index in [1.165, 1.54) is 42.5 Å². The van der Waals surface area contributed by atoms with E-state index >= 15 is 0 Å². The van der Waals surface area contributed by atoms with E-state index in [9.17, 15) is 17.6 Å². The number of nitrogens with zero attached hydrogens (tertiary/aromatic N) is 1. The molecule has 0 spiro atoms. The van der Waals surface area contributed by atoms with Gasteiger partial charge < -0.3 is 14.4 Å². The highest BCUT2D eigenvalue weighted by Crippen LogP contribution is 2.38. The van der Waals surface area contributed by atoms with E-state index in [1.54, 1.807) is 11.0 Å². The highest BCUT2D eigenvalue weighted by atomic mass is 32.2. The van der Waals surface area contributed by atoms with Gasteiger partial charge >= 0.3 is 0 Å². The number of amides is 1. The molecule has 1 fully saturated rings. The molecule has 1 atom stereocenters. The molecule has 7 nitrogen and oxygen atoms in total. The Morgan fingerprint density at radius 3 is 2.46 bits per heavy atom. The predicted molar refractivity (Wildman–Crippen MR) is 129 cm³/mol. The summed E-state index contributed by atoms with van der Waals surface area (Å²) < 4.78 is 53.0. The van der Waals surface area contributed by atoms with Gasteiger partial charge in [-0.2, -0.15) is 0 Å². The second kappa shape index (κ2) is 9.58. The van der Waals surface area contributed by atoms with Crippen LogP contribution in [-0.4, -0.2) is 39.0 Å². The van der Waals surface area contributed by atoms with Crippen LogP contribution in [0, 0.1) is 5.82 Å². The smallest absolute Gasteiger partial charge is 0.261 e. The van der Waals surface area contributed by atoms with E-state index < -0.39 is 15.8 Å². The molecule has 0 saturated carbocycles. The Morgan fingerprint density at radius 1 is 0.943 bits per heavy atom. The number of rotatable bonds is 5. The summed E-state index contributed by atoms with van der Waals surface area (Å²) in [5.41, 5.74) is 1.23. The zero-order valence-electron chi connectivity index (χ0n) is 18.9. The van der Waals surface area contributed by atoms with Crippen LogP contribution in [0.2, 0.25) is 0 Å². The van der Waals surface area contributed by atoms with Gasteiger partial charge in [0.2, 0.25) is 0 Å². The SMILES string of the molecule is O=C(c1ccc(S(=O)(=O)Nc2ccccc2F)cc1)N1CCC[C@H]1c1ccc2c(c1)OCCCO2. The number of hydrogen-bond donors (Lipinski definition) is 1. The summed E-state index contributed by atoms with van der Waals surface area (Å²) >= 11 is 0. The van der Waals surface area contributed by atoms with Crippen LogP contribution in [0.3, 0.4) is 0 Å². The maximum atomic E-state index is 13.9. The zero-order chi connectivity index (χ0) is 24.4. The molecule has 1 N–H and O–H groups in total. The van der Waals surface area contributed by atoms with Crippen molar-refractivity contribution in [2.75, 3.05) is 24.5 Å². The van der Waals surface area contributed by atoms with Crippen molar-refractivity contribution < 1.29 is 27.1 Å².